The Morgan fingerprint density at radius 2 is 0.791 bits per heavy atom. The number of hydrogen-bond acceptors (Lipinski definition) is 2. The van der Waals surface area contributed by atoms with Crippen molar-refractivity contribution in [2.45, 2.75) is 53.9 Å². The molecule has 4 rings (SSSR count). The summed E-state index contributed by atoms with van der Waals surface area (Å²) in [5.74, 6) is -18.2. The maximum absolute atomic E-state index is 15.2. The van der Waals surface area contributed by atoms with Gasteiger partial charge in [0.25, 0.3) is 0 Å². The molecular weight excluding hydrogens is 580 g/mol. The highest BCUT2D eigenvalue weighted by Gasteiger charge is 2.35. The van der Waals surface area contributed by atoms with Gasteiger partial charge in [0.05, 0.1) is 18.2 Å². The third-order valence-corrected chi connectivity index (χ3v) is 7.73. The van der Waals surface area contributed by atoms with Crippen LogP contribution in [0.5, 0.6) is 17.2 Å². The minimum absolute atomic E-state index is 0.129. The second kappa shape index (κ2) is 11.2. The zero-order chi connectivity index (χ0) is 32.3. The summed E-state index contributed by atoms with van der Waals surface area (Å²) in [6.07, 6.45) is 0. The van der Waals surface area contributed by atoms with Gasteiger partial charge in [-0.3, -0.25) is 0 Å². The molecule has 0 aliphatic carbocycles. The van der Waals surface area contributed by atoms with Gasteiger partial charge < -0.3 is 9.47 Å². The molecule has 0 unspecified atom stereocenters. The van der Waals surface area contributed by atoms with E-state index in [0.717, 1.165) is 28.0 Å². The lowest BCUT2D eigenvalue weighted by atomic mass is 9.76. The van der Waals surface area contributed by atoms with E-state index in [9.17, 15) is 17.6 Å². The Morgan fingerprint density at radius 3 is 1.14 bits per heavy atom. The standard InChI is InChI=1S/C33H28F8O2/c1-13-9-18(10-14(2)30(13)42-8)33(6,7)19-11-15(3)31(16(4)12-19)43-32-28(40)26(38)21(27(39)29(32)41)20-24(36)22(34)17(5)23(35)25(20)37/h9-12H,1-8H3. The molecule has 0 aliphatic rings. The lowest BCUT2D eigenvalue weighted by molar-refractivity contribution is 0.364. The van der Waals surface area contributed by atoms with Crippen LogP contribution < -0.4 is 9.47 Å². The second-order valence-corrected chi connectivity index (χ2v) is 11.0. The average Bonchev–Trinajstić information content (AvgIpc) is 2.94. The van der Waals surface area contributed by atoms with Gasteiger partial charge in [0.15, 0.2) is 34.9 Å². The number of benzene rings is 4. The van der Waals surface area contributed by atoms with Gasteiger partial charge in [-0.05, 0) is 68.0 Å². The van der Waals surface area contributed by atoms with Crippen LogP contribution in [0.25, 0.3) is 11.1 Å². The van der Waals surface area contributed by atoms with Crippen LogP contribution in [0.2, 0.25) is 0 Å². The Morgan fingerprint density at radius 1 is 0.465 bits per heavy atom. The van der Waals surface area contributed by atoms with E-state index in [1.807, 2.05) is 39.8 Å². The van der Waals surface area contributed by atoms with Crippen LogP contribution in [0, 0.1) is 81.2 Å². The van der Waals surface area contributed by atoms with Crippen molar-refractivity contribution in [2.24, 2.45) is 0 Å². The third-order valence-electron chi connectivity index (χ3n) is 7.73. The first-order valence-corrected chi connectivity index (χ1v) is 13.1. The summed E-state index contributed by atoms with van der Waals surface area (Å²) in [7, 11) is 1.58. The third kappa shape index (κ3) is 5.10. The molecule has 0 fully saturated rings. The lowest BCUT2D eigenvalue weighted by Gasteiger charge is -2.29. The first-order chi connectivity index (χ1) is 19.9. The van der Waals surface area contributed by atoms with Gasteiger partial charge in [0.2, 0.25) is 17.4 Å². The summed E-state index contributed by atoms with van der Waals surface area (Å²) in [4.78, 5) is 0. The van der Waals surface area contributed by atoms with Gasteiger partial charge in [-0.1, -0.05) is 38.1 Å². The molecule has 10 heteroatoms. The summed E-state index contributed by atoms with van der Waals surface area (Å²) >= 11 is 0. The molecule has 4 aromatic carbocycles. The highest BCUT2D eigenvalue weighted by Crippen LogP contribution is 2.43. The van der Waals surface area contributed by atoms with E-state index in [1.165, 1.54) is 0 Å². The van der Waals surface area contributed by atoms with E-state index in [1.54, 1.807) is 33.1 Å². The minimum atomic E-state index is -2.30. The van der Waals surface area contributed by atoms with Crippen LogP contribution in [-0.4, -0.2) is 7.11 Å². The van der Waals surface area contributed by atoms with Gasteiger partial charge in [-0.25, -0.2) is 26.3 Å². The normalized spacial score (nSPS) is 11.7. The largest absolute Gasteiger partial charge is 0.496 e. The molecule has 4 aromatic rings. The predicted octanol–water partition coefficient (Wildman–Crippen LogP) is 10.1. The van der Waals surface area contributed by atoms with Crippen molar-refractivity contribution in [1.82, 2.24) is 0 Å². The van der Waals surface area contributed by atoms with Crippen molar-refractivity contribution in [1.29, 1.82) is 0 Å². The van der Waals surface area contributed by atoms with Crippen LogP contribution in [0.3, 0.4) is 0 Å². The predicted molar refractivity (Wildman–Crippen MR) is 147 cm³/mol. The van der Waals surface area contributed by atoms with Gasteiger partial charge in [0, 0.05) is 11.0 Å². The molecule has 2 nitrogen and oxygen atoms in total. The first kappa shape index (κ1) is 31.8. The van der Waals surface area contributed by atoms with Crippen LogP contribution >= 0.6 is 0 Å². The molecule has 0 amide bonds. The molecule has 0 atom stereocenters. The van der Waals surface area contributed by atoms with E-state index in [2.05, 4.69) is 0 Å². The van der Waals surface area contributed by atoms with E-state index in [-0.39, 0.29) is 5.75 Å². The Hall–Kier alpha value is -4.08. The molecule has 0 aromatic heterocycles. The zero-order valence-electron chi connectivity index (χ0n) is 24.6. The molecule has 0 spiro atoms. The molecule has 43 heavy (non-hydrogen) atoms. The molecule has 0 radical (unpaired) electrons. The molecule has 0 saturated carbocycles. The fraction of sp³-hybridized carbons (Fsp3) is 0.273. The summed E-state index contributed by atoms with van der Waals surface area (Å²) in [5, 5.41) is 0. The quantitative estimate of drug-likeness (QED) is 0.160. The van der Waals surface area contributed by atoms with E-state index < -0.39 is 74.4 Å². The highest BCUT2D eigenvalue weighted by atomic mass is 19.2. The van der Waals surface area contributed by atoms with Gasteiger partial charge in [0.1, 0.15) is 11.5 Å². The minimum Gasteiger partial charge on any atom is -0.496 e. The fourth-order valence-corrected chi connectivity index (χ4v) is 5.26. The second-order valence-electron chi connectivity index (χ2n) is 11.0. The van der Waals surface area contributed by atoms with E-state index in [4.69, 9.17) is 9.47 Å². The number of methoxy groups -OCH3 is 1. The van der Waals surface area contributed by atoms with Crippen LogP contribution in [-0.2, 0) is 5.41 Å². The van der Waals surface area contributed by atoms with Gasteiger partial charge in [-0.2, -0.15) is 8.78 Å². The highest BCUT2D eigenvalue weighted by molar-refractivity contribution is 5.69. The van der Waals surface area contributed by atoms with Crippen molar-refractivity contribution in [3.8, 4) is 28.4 Å². The topological polar surface area (TPSA) is 18.5 Å². The molecular formula is C33H28F8O2. The summed E-state index contributed by atoms with van der Waals surface area (Å²) in [6, 6.07) is 7.35. The molecule has 228 valence electrons. The van der Waals surface area contributed by atoms with Gasteiger partial charge in [-0.15, -0.1) is 0 Å². The Labute approximate surface area is 243 Å². The van der Waals surface area contributed by atoms with Crippen LogP contribution in [0.4, 0.5) is 35.1 Å². The first-order valence-electron chi connectivity index (χ1n) is 13.1. The Bertz CT molecular complexity index is 1690. The molecule has 0 N–H and O–H groups in total. The summed E-state index contributed by atoms with van der Waals surface area (Å²) < 4.78 is 129. The number of hydrogen-bond donors (Lipinski definition) is 0. The maximum Gasteiger partial charge on any atom is 0.205 e. The fourth-order valence-electron chi connectivity index (χ4n) is 5.26. The van der Waals surface area contributed by atoms with Crippen molar-refractivity contribution >= 4 is 0 Å². The summed E-state index contributed by atoms with van der Waals surface area (Å²) in [6.45, 7) is 11.6. The van der Waals surface area contributed by atoms with E-state index >= 15 is 17.6 Å². The number of rotatable bonds is 6. The summed E-state index contributed by atoms with van der Waals surface area (Å²) in [5.41, 5.74) is -1.26. The van der Waals surface area contributed by atoms with Crippen LogP contribution in [0.1, 0.15) is 52.8 Å². The SMILES string of the molecule is COc1c(C)cc(C(C)(C)c2cc(C)c(Oc3c(F)c(F)c(-c4c(F)c(F)c(C)c(F)c4F)c(F)c3F)c(C)c2)cc1C. The monoisotopic (exact) mass is 608 g/mol. The Balaban J connectivity index is 1.82. The molecule has 0 bridgehead atoms. The number of ether oxygens (including phenoxy) is 2. The van der Waals surface area contributed by atoms with E-state index in [0.29, 0.717) is 18.1 Å². The van der Waals surface area contributed by atoms with Crippen molar-refractivity contribution in [3.05, 3.63) is 110 Å². The van der Waals surface area contributed by atoms with Crippen molar-refractivity contribution < 1.29 is 44.6 Å². The van der Waals surface area contributed by atoms with Crippen LogP contribution in [0.15, 0.2) is 24.3 Å². The number of aryl methyl sites for hydroxylation is 4. The molecule has 0 saturated heterocycles. The van der Waals surface area contributed by atoms with Crippen molar-refractivity contribution in [3.63, 3.8) is 0 Å². The lowest BCUT2D eigenvalue weighted by Crippen LogP contribution is -2.20. The zero-order valence-corrected chi connectivity index (χ0v) is 24.6. The average molecular weight is 609 g/mol. The van der Waals surface area contributed by atoms with Gasteiger partial charge >= 0.3 is 0 Å². The maximum atomic E-state index is 15.2. The smallest absolute Gasteiger partial charge is 0.205 e. The Kier molecular flexibility index (Phi) is 8.30. The molecule has 0 heterocycles. The molecule has 0 aliphatic heterocycles. The van der Waals surface area contributed by atoms with Crippen molar-refractivity contribution in [2.75, 3.05) is 7.11 Å². The number of halogens is 8.